The first-order chi connectivity index (χ1) is 18.1. The van der Waals surface area contributed by atoms with Gasteiger partial charge in [-0.3, -0.25) is 18.6 Å². The first-order valence-corrected chi connectivity index (χ1v) is 14.3. The Bertz CT molecular complexity index is 1170. The van der Waals surface area contributed by atoms with Gasteiger partial charge in [-0.15, -0.1) is 0 Å². The van der Waals surface area contributed by atoms with Crippen LogP contribution in [-0.4, -0.2) is 50.9 Å². The largest absolute Gasteiger partial charge is 0.507 e. The third-order valence-corrected chi connectivity index (χ3v) is 7.51. The summed E-state index contributed by atoms with van der Waals surface area (Å²) in [4.78, 5) is 35.4. The zero-order chi connectivity index (χ0) is 28.2. The van der Waals surface area contributed by atoms with Gasteiger partial charge in [0.05, 0.1) is 35.1 Å². The van der Waals surface area contributed by atoms with Crippen molar-refractivity contribution >= 4 is 28.3 Å². The lowest BCUT2D eigenvalue weighted by Crippen LogP contribution is -2.11. The maximum atomic E-state index is 13.1. The summed E-state index contributed by atoms with van der Waals surface area (Å²) in [7, 11) is -1.39. The number of carboxylic acids is 1. The van der Waals surface area contributed by atoms with Crippen LogP contribution in [0.2, 0.25) is 0 Å². The first-order valence-electron chi connectivity index (χ1n) is 13.0. The molecule has 0 saturated heterocycles. The fraction of sp³-hybridized carbons (Fsp3) is 0.483. The van der Waals surface area contributed by atoms with Crippen molar-refractivity contribution in [3.63, 3.8) is 0 Å². The van der Waals surface area contributed by atoms with Gasteiger partial charge in [0.15, 0.2) is 11.6 Å². The summed E-state index contributed by atoms with van der Waals surface area (Å²) in [6, 6.07) is 6.57. The fourth-order valence-corrected chi connectivity index (χ4v) is 5.45. The second-order valence-electron chi connectivity index (χ2n) is 9.07. The van der Waals surface area contributed by atoms with Gasteiger partial charge in [-0.25, -0.2) is 0 Å². The van der Waals surface area contributed by atoms with Crippen molar-refractivity contribution in [2.75, 3.05) is 19.0 Å². The number of aliphatic carboxylic acids is 1. The molecule has 0 aliphatic carbocycles. The SMILES string of the molecule is CCCc1c(S(=O)CCCOc2ccc(C(C)=O)c(OCCCC(=O)O)c2CCC)ccc(C(C)=O)c1O. The number of ether oxygens (including phenoxy) is 2. The Balaban J connectivity index is 2.15. The number of carbonyl (C=O) groups is 3. The highest BCUT2D eigenvalue weighted by Crippen LogP contribution is 2.35. The predicted molar refractivity (Wildman–Crippen MR) is 146 cm³/mol. The van der Waals surface area contributed by atoms with E-state index < -0.39 is 16.8 Å². The molecule has 0 saturated carbocycles. The lowest BCUT2D eigenvalue weighted by molar-refractivity contribution is -0.137. The lowest BCUT2D eigenvalue weighted by atomic mass is 10.0. The maximum Gasteiger partial charge on any atom is 0.303 e. The van der Waals surface area contributed by atoms with Gasteiger partial charge in [0.25, 0.3) is 0 Å². The van der Waals surface area contributed by atoms with Crippen molar-refractivity contribution in [2.45, 2.75) is 77.5 Å². The van der Waals surface area contributed by atoms with Crippen molar-refractivity contribution in [1.82, 2.24) is 0 Å². The molecule has 2 rings (SSSR count). The Hall–Kier alpha value is -3.20. The molecule has 2 aromatic rings. The Morgan fingerprint density at radius 1 is 0.842 bits per heavy atom. The number of phenolic OH excluding ortho intramolecular Hbond substituents is 1. The molecule has 0 radical (unpaired) electrons. The molecule has 8 nitrogen and oxygen atoms in total. The summed E-state index contributed by atoms with van der Waals surface area (Å²) >= 11 is 0. The van der Waals surface area contributed by atoms with Crippen LogP contribution in [0.3, 0.4) is 0 Å². The molecular weight excluding hydrogens is 508 g/mol. The van der Waals surface area contributed by atoms with Crippen molar-refractivity contribution < 1.29 is 38.3 Å². The number of carbonyl (C=O) groups excluding carboxylic acids is 2. The monoisotopic (exact) mass is 546 g/mol. The van der Waals surface area contributed by atoms with Crippen molar-refractivity contribution in [3.8, 4) is 17.2 Å². The Morgan fingerprint density at radius 2 is 1.45 bits per heavy atom. The smallest absolute Gasteiger partial charge is 0.303 e. The second kappa shape index (κ2) is 15.3. The molecular formula is C29H38O8S. The molecule has 0 heterocycles. The van der Waals surface area contributed by atoms with Gasteiger partial charge in [0.2, 0.25) is 0 Å². The van der Waals surface area contributed by atoms with Crippen LogP contribution >= 0.6 is 0 Å². The van der Waals surface area contributed by atoms with Gasteiger partial charge < -0.3 is 19.7 Å². The number of rotatable bonds is 17. The maximum absolute atomic E-state index is 13.1. The van der Waals surface area contributed by atoms with Crippen LogP contribution in [0.15, 0.2) is 29.2 Å². The third-order valence-electron chi connectivity index (χ3n) is 5.97. The molecule has 208 valence electrons. The zero-order valence-corrected chi connectivity index (χ0v) is 23.4. The molecule has 0 bridgehead atoms. The van der Waals surface area contributed by atoms with E-state index in [1.165, 1.54) is 19.9 Å². The van der Waals surface area contributed by atoms with E-state index in [4.69, 9.17) is 14.6 Å². The lowest BCUT2D eigenvalue weighted by Gasteiger charge is -2.19. The average molecular weight is 547 g/mol. The number of hydrogen-bond donors (Lipinski definition) is 2. The van der Waals surface area contributed by atoms with Crippen LogP contribution in [0, 0.1) is 0 Å². The molecule has 38 heavy (non-hydrogen) atoms. The Morgan fingerprint density at radius 3 is 2.05 bits per heavy atom. The van der Waals surface area contributed by atoms with E-state index in [-0.39, 0.29) is 42.5 Å². The van der Waals surface area contributed by atoms with Crippen LogP contribution in [0.1, 0.15) is 91.6 Å². The van der Waals surface area contributed by atoms with Crippen LogP contribution < -0.4 is 9.47 Å². The molecule has 0 aliphatic rings. The number of benzene rings is 2. The highest BCUT2D eigenvalue weighted by molar-refractivity contribution is 7.85. The number of aromatic hydroxyl groups is 1. The number of carboxylic acid groups (broad SMARTS) is 1. The molecule has 2 N–H and O–H groups in total. The summed E-state index contributed by atoms with van der Waals surface area (Å²) in [5.41, 5.74) is 1.96. The zero-order valence-electron chi connectivity index (χ0n) is 22.6. The number of ketones is 2. The van der Waals surface area contributed by atoms with E-state index in [2.05, 4.69) is 0 Å². The summed E-state index contributed by atoms with van der Waals surface area (Å²) in [6.07, 6.45) is 3.41. The molecule has 0 spiro atoms. The number of phenols is 1. The molecule has 2 aromatic carbocycles. The second-order valence-corrected chi connectivity index (χ2v) is 10.6. The van der Waals surface area contributed by atoms with Crippen LogP contribution in [0.25, 0.3) is 0 Å². The van der Waals surface area contributed by atoms with Gasteiger partial charge in [-0.2, -0.15) is 0 Å². The quantitative estimate of drug-likeness (QED) is 0.196. The number of hydrogen-bond acceptors (Lipinski definition) is 7. The topological polar surface area (TPSA) is 127 Å². The molecule has 0 aromatic heterocycles. The first kappa shape index (κ1) is 31.0. The third kappa shape index (κ3) is 8.41. The average Bonchev–Trinajstić information content (AvgIpc) is 2.86. The summed E-state index contributed by atoms with van der Waals surface area (Å²) < 4.78 is 25.0. The van der Waals surface area contributed by atoms with Crippen molar-refractivity contribution in [2.24, 2.45) is 0 Å². The Kier molecular flexibility index (Phi) is 12.5. The van der Waals surface area contributed by atoms with E-state index in [0.717, 1.165) is 18.4 Å². The molecule has 0 aliphatic heterocycles. The van der Waals surface area contributed by atoms with Gasteiger partial charge in [-0.1, -0.05) is 26.7 Å². The fourth-order valence-electron chi connectivity index (χ4n) is 4.16. The van der Waals surface area contributed by atoms with E-state index in [1.807, 2.05) is 13.8 Å². The van der Waals surface area contributed by atoms with Gasteiger partial charge in [-0.05, 0) is 63.8 Å². The minimum Gasteiger partial charge on any atom is -0.507 e. The van der Waals surface area contributed by atoms with E-state index in [0.29, 0.717) is 59.0 Å². The van der Waals surface area contributed by atoms with Gasteiger partial charge in [0.1, 0.15) is 17.2 Å². The minimum atomic E-state index is -1.39. The summed E-state index contributed by atoms with van der Waals surface area (Å²) in [5, 5.41) is 19.4. The van der Waals surface area contributed by atoms with Crippen molar-refractivity contribution in [3.05, 3.63) is 46.5 Å². The van der Waals surface area contributed by atoms with Crippen LogP contribution in [0.5, 0.6) is 17.2 Å². The normalized spacial score (nSPS) is 11.7. The van der Waals surface area contributed by atoms with Gasteiger partial charge >= 0.3 is 5.97 Å². The molecule has 0 fully saturated rings. The summed E-state index contributed by atoms with van der Waals surface area (Å²) in [6.45, 7) is 7.25. The van der Waals surface area contributed by atoms with E-state index in [1.54, 1.807) is 18.2 Å². The van der Waals surface area contributed by atoms with E-state index >= 15 is 0 Å². The highest BCUT2D eigenvalue weighted by atomic mass is 32.2. The van der Waals surface area contributed by atoms with Crippen LogP contribution in [-0.2, 0) is 28.4 Å². The molecule has 1 unspecified atom stereocenters. The van der Waals surface area contributed by atoms with Gasteiger partial charge in [0, 0.05) is 28.2 Å². The molecule has 1 atom stereocenters. The van der Waals surface area contributed by atoms with Crippen LogP contribution in [0.4, 0.5) is 0 Å². The Labute approximate surface area is 226 Å². The summed E-state index contributed by atoms with van der Waals surface area (Å²) in [5.74, 6) is -0.0819. The highest BCUT2D eigenvalue weighted by Gasteiger charge is 2.20. The predicted octanol–water partition coefficient (Wildman–Crippen LogP) is 5.52. The molecule has 0 amide bonds. The standard InChI is InChI=1S/C29H38O8S/c1-5-9-23-25(14-12-22(20(4)31)29(23)37-16-7-11-27(32)33)36-17-8-18-38(35)26-15-13-21(19(3)30)28(34)24(26)10-6-2/h12-15,34H,5-11,16-18H2,1-4H3,(H,32,33). The molecule has 9 heteroatoms. The minimum absolute atomic E-state index is 0.0267. The van der Waals surface area contributed by atoms with Crippen molar-refractivity contribution in [1.29, 1.82) is 0 Å². The van der Waals surface area contributed by atoms with E-state index in [9.17, 15) is 23.7 Å². The number of Topliss-reactive ketones (excluding diaryl/α,β-unsaturated/α-hetero) is 2.